The summed E-state index contributed by atoms with van der Waals surface area (Å²) in [5.41, 5.74) is 0. The van der Waals surface area contributed by atoms with Gasteiger partial charge in [-0.15, -0.1) is 13.2 Å². The molecular weight excluding hydrogens is 236 g/mol. The summed E-state index contributed by atoms with van der Waals surface area (Å²) in [7, 11) is -4.24. The molecule has 7 nitrogen and oxygen atoms in total. The third-order valence-corrected chi connectivity index (χ3v) is 1.33. The Bertz CT molecular complexity index is 304. The third-order valence-electron chi connectivity index (χ3n) is 0.916. The van der Waals surface area contributed by atoms with Crippen molar-refractivity contribution in [3.8, 4) is 0 Å². The minimum Gasteiger partial charge on any atom is -0.385 e. The van der Waals surface area contributed by atoms with Crippen LogP contribution in [0.2, 0.25) is 0 Å². The smallest absolute Gasteiger partial charge is 0.382 e. The summed E-state index contributed by atoms with van der Waals surface area (Å²) in [6.07, 6.45) is 3.65. The summed E-state index contributed by atoms with van der Waals surface area (Å²) in [6.45, 7) is 7.80. The van der Waals surface area contributed by atoms with Gasteiger partial charge in [0.05, 0.1) is 0 Å². The van der Waals surface area contributed by atoms with Gasteiger partial charge in [0.25, 0.3) is 0 Å². The molecule has 0 aromatic rings. The lowest BCUT2D eigenvalue weighted by molar-refractivity contribution is -0.136. The first-order valence-corrected chi connectivity index (χ1v) is 5.63. The van der Waals surface area contributed by atoms with Crippen molar-refractivity contribution in [1.29, 1.82) is 0 Å². The number of hydrogen-bond acceptors (Lipinski definition) is 6. The predicted octanol–water partition coefficient (Wildman–Crippen LogP) is -1.33. The SMILES string of the molecule is C=CCNCC=C.NS(=O)(=O)OC(=O)CO. The molecular formula is C8H16N2O5S. The number of hydrogen-bond donors (Lipinski definition) is 3. The first-order valence-electron chi connectivity index (χ1n) is 4.15. The van der Waals surface area contributed by atoms with E-state index in [4.69, 9.17) is 5.11 Å². The quantitative estimate of drug-likeness (QED) is 0.398. The Kier molecular flexibility index (Phi) is 11.1. The van der Waals surface area contributed by atoms with E-state index >= 15 is 0 Å². The first-order chi connectivity index (χ1) is 7.37. The van der Waals surface area contributed by atoms with Gasteiger partial charge in [0.15, 0.2) is 0 Å². The highest BCUT2D eigenvalue weighted by Crippen LogP contribution is 1.81. The number of nitrogens with one attached hydrogen (secondary N) is 1. The molecule has 0 fully saturated rings. The molecule has 0 rings (SSSR count). The molecule has 0 amide bonds. The van der Waals surface area contributed by atoms with Gasteiger partial charge in [0.1, 0.15) is 6.61 Å². The van der Waals surface area contributed by atoms with Crippen LogP contribution in [0, 0.1) is 0 Å². The van der Waals surface area contributed by atoms with Crippen LogP contribution >= 0.6 is 0 Å². The van der Waals surface area contributed by atoms with E-state index in [1.165, 1.54) is 0 Å². The maximum Gasteiger partial charge on any atom is 0.382 e. The number of nitrogens with two attached hydrogens (primary N) is 1. The Morgan fingerprint density at radius 1 is 1.38 bits per heavy atom. The first kappa shape index (κ1) is 17.2. The van der Waals surface area contributed by atoms with Crippen molar-refractivity contribution in [1.82, 2.24) is 5.32 Å². The van der Waals surface area contributed by atoms with Crippen LogP contribution in [0.25, 0.3) is 0 Å². The predicted molar refractivity (Wildman–Crippen MR) is 59.5 cm³/mol. The minimum absolute atomic E-state index is 0.867. The molecule has 0 aromatic carbocycles. The average molecular weight is 252 g/mol. The summed E-state index contributed by atoms with van der Waals surface area (Å²) in [4.78, 5) is 9.90. The van der Waals surface area contributed by atoms with Crippen molar-refractivity contribution < 1.29 is 22.5 Å². The highest BCUT2D eigenvalue weighted by molar-refractivity contribution is 7.84. The van der Waals surface area contributed by atoms with Gasteiger partial charge < -0.3 is 14.6 Å². The van der Waals surface area contributed by atoms with E-state index in [0.29, 0.717) is 0 Å². The van der Waals surface area contributed by atoms with Crippen molar-refractivity contribution in [2.75, 3.05) is 19.7 Å². The number of rotatable bonds is 6. The Balaban J connectivity index is 0. The van der Waals surface area contributed by atoms with Crippen LogP contribution in [0.5, 0.6) is 0 Å². The highest BCUT2D eigenvalue weighted by atomic mass is 32.2. The zero-order valence-corrected chi connectivity index (χ0v) is 9.57. The average Bonchev–Trinajstić information content (AvgIpc) is 2.17. The highest BCUT2D eigenvalue weighted by Gasteiger charge is 2.08. The van der Waals surface area contributed by atoms with E-state index in [2.05, 4.69) is 27.8 Å². The Hall–Kier alpha value is -1.22. The molecule has 0 saturated heterocycles. The van der Waals surface area contributed by atoms with Crippen molar-refractivity contribution in [2.24, 2.45) is 5.14 Å². The summed E-state index contributed by atoms with van der Waals surface area (Å²) in [5, 5.41) is 15.2. The van der Waals surface area contributed by atoms with E-state index in [0.717, 1.165) is 13.1 Å². The van der Waals surface area contributed by atoms with Crippen LogP contribution in [0.4, 0.5) is 0 Å². The Labute approximate surface area is 94.8 Å². The van der Waals surface area contributed by atoms with Crippen LogP contribution in [0.3, 0.4) is 0 Å². The van der Waals surface area contributed by atoms with E-state index < -0.39 is 22.9 Å². The molecule has 0 aliphatic carbocycles. The maximum absolute atomic E-state index is 9.90. The number of aliphatic hydroxyl groups is 1. The molecule has 0 saturated carbocycles. The van der Waals surface area contributed by atoms with Gasteiger partial charge in [-0.1, -0.05) is 12.2 Å². The molecule has 0 heterocycles. The van der Waals surface area contributed by atoms with Crippen molar-refractivity contribution in [2.45, 2.75) is 0 Å². The molecule has 0 radical (unpaired) electrons. The molecule has 0 aromatic heterocycles. The second-order valence-electron chi connectivity index (χ2n) is 2.34. The number of carbonyl (C=O) groups is 1. The fraction of sp³-hybridized carbons (Fsp3) is 0.375. The van der Waals surface area contributed by atoms with E-state index in [9.17, 15) is 13.2 Å². The molecule has 4 N–H and O–H groups in total. The van der Waals surface area contributed by atoms with Crippen molar-refractivity contribution >= 4 is 16.3 Å². The van der Waals surface area contributed by atoms with Gasteiger partial charge in [-0.3, -0.25) is 0 Å². The molecule has 0 spiro atoms. The maximum atomic E-state index is 9.90. The monoisotopic (exact) mass is 252 g/mol. The Morgan fingerprint density at radius 3 is 2.00 bits per heavy atom. The number of carbonyl (C=O) groups excluding carboxylic acids is 1. The molecule has 94 valence electrons. The molecule has 0 unspecified atom stereocenters. The van der Waals surface area contributed by atoms with Crippen LogP contribution in [-0.4, -0.2) is 39.2 Å². The van der Waals surface area contributed by atoms with Gasteiger partial charge in [-0.05, 0) is 0 Å². The van der Waals surface area contributed by atoms with Crippen LogP contribution in [0.15, 0.2) is 25.3 Å². The molecule has 8 heteroatoms. The van der Waals surface area contributed by atoms with E-state index in [-0.39, 0.29) is 0 Å². The lowest BCUT2D eigenvalue weighted by atomic mass is 10.5. The standard InChI is InChI=1S/C6H11N.C2H5NO5S/c1-3-5-7-6-4-2;3-9(6,7)8-2(5)1-4/h3-4,7H,1-2,5-6H2;4H,1H2,(H2,3,6,7). The summed E-state index contributed by atoms with van der Waals surface area (Å²) in [5.74, 6) is -1.29. The molecule has 0 aliphatic heterocycles. The molecule has 0 bridgehead atoms. The van der Waals surface area contributed by atoms with Crippen LogP contribution in [0.1, 0.15) is 0 Å². The normalized spacial score (nSPS) is 9.62. The van der Waals surface area contributed by atoms with Gasteiger partial charge in [0, 0.05) is 13.1 Å². The molecule has 0 atom stereocenters. The second kappa shape index (κ2) is 10.3. The molecule has 0 aliphatic rings. The number of aliphatic hydroxyl groups excluding tert-OH is 1. The third kappa shape index (κ3) is 18.5. The fourth-order valence-electron chi connectivity index (χ4n) is 0.443. The van der Waals surface area contributed by atoms with Gasteiger partial charge in [0.2, 0.25) is 0 Å². The topological polar surface area (TPSA) is 119 Å². The zero-order chi connectivity index (χ0) is 13.0. The summed E-state index contributed by atoms with van der Waals surface area (Å²) in [6, 6.07) is 0. The minimum atomic E-state index is -4.24. The van der Waals surface area contributed by atoms with Gasteiger partial charge >= 0.3 is 16.3 Å². The lowest BCUT2D eigenvalue weighted by Gasteiger charge is -1.94. The van der Waals surface area contributed by atoms with Crippen molar-refractivity contribution in [3.05, 3.63) is 25.3 Å². The fourth-order valence-corrected chi connectivity index (χ4v) is 0.755. The van der Waals surface area contributed by atoms with Gasteiger partial charge in [-0.25, -0.2) is 4.79 Å². The van der Waals surface area contributed by atoms with Crippen molar-refractivity contribution in [3.63, 3.8) is 0 Å². The lowest BCUT2D eigenvalue weighted by Crippen LogP contribution is -2.22. The molecule has 16 heavy (non-hydrogen) atoms. The van der Waals surface area contributed by atoms with Crippen LogP contribution < -0.4 is 10.5 Å². The zero-order valence-electron chi connectivity index (χ0n) is 8.76. The Morgan fingerprint density at radius 2 is 1.81 bits per heavy atom. The largest absolute Gasteiger partial charge is 0.385 e. The van der Waals surface area contributed by atoms with E-state index in [1.54, 1.807) is 0 Å². The van der Waals surface area contributed by atoms with Crippen LogP contribution in [-0.2, 0) is 19.3 Å². The van der Waals surface area contributed by atoms with Gasteiger partial charge in [-0.2, -0.15) is 13.6 Å². The summed E-state index contributed by atoms with van der Waals surface area (Å²) >= 11 is 0. The second-order valence-corrected chi connectivity index (χ2v) is 3.49. The summed E-state index contributed by atoms with van der Waals surface area (Å²) < 4.78 is 23.1. The van der Waals surface area contributed by atoms with E-state index in [1.807, 2.05) is 12.2 Å².